The van der Waals surface area contributed by atoms with E-state index >= 15 is 0 Å². The number of piperidine rings is 1. The molecule has 1 aromatic rings. The van der Waals surface area contributed by atoms with Crippen LogP contribution in [-0.4, -0.2) is 29.9 Å². The number of thiophene rings is 1. The van der Waals surface area contributed by atoms with Gasteiger partial charge in [0.25, 0.3) is 0 Å². The summed E-state index contributed by atoms with van der Waals surface area (Å²) in [7, 11) is 0. The van der Waals surface area contributed by atoms with E-state index in [9.17, 15) is 0 Å². The second-order valence-corrected chi connectivity index (χ2v) is 5.90. The maximum atomic E-state index is 5.88. The Morgan fingerprint density at radius 1 is 1.44 bits per heavy atom. The molecule has 0 radical (unpaired) electrons. The number of alkyl halides is 1. The van der Waals surface area contributed by atoms with E-state index in [2.05, 4.69) is 22.4 Å². The van der Waals surface area contributed by atoms with Crippen molar-refractivity contribution in [3.63, 3.8) is 0 Å². The predicted octanol–water partition coefficient (Wildman–Crippen LogP) is 3.77. The van der Waals surface area contributed by atoms with Gasteiger partial charge in [-0.1, -0.05) is 12.5 Å². The fourth-order valence-electron chi connectivity index (χ4n) is 2.52. The summed E-state index contributed by atoms with van der Waals surface area (Å²) in [5, 5.41) is 2.17. The van der Waals surface area contributed by atoms with Gasteiger partial charge in [0, 0.05) is 23.3 Å². The molecular weight excluding hydrogens is 238 g/mol. The monoisotopic (exact) mass is 257 g/mol. The van der Waals surface area contributed by atoms with Crippen molar-refractivity contribution in [1.29, 1.82) is 0 Å². The van der Waals surface area contributed by atoms with Crippen molar-refractivity contribution in [2.75, 3.05) is 19.0 Å². The molecule has 0 aromatic carbocycles. The largest absolute Gasteiger partial charge is 0.300 e. The summed E-state index contributed by atoms with van der Waals surface area (Å²) in [5.74, 6) is 0.806. The van der Waals surface area contributed by atoms with Crippen LogP contribution in [0.4, 0.5) is 0 Å². The first kappa shape index (κ1) is 12.4. The zero-order valence-electron chi connectivity index (χ0n) is 9.70. The lowest BCUT2D eigenvalue weighted by atomic mass is 10.00. The Morgan fingerprint density at radius 3 is 3.12 bits per heavy atom. The molecule has 1 saturated heterocycles. The van der Waals surface area contributed by atoms with Crippen LogP contribution in [0.2, 0.25) is 0 Å². The predicted molar refractivity (Wildman–Crippen MR) is 72.6 cm³/mol. The molecular formula is C13H20ClNS. The summed E-state index contributed by atoms with van der Waals surface area (Å²) in [5.41, 5.74) is 0. The molecule has 1 aromatic heterocycles. The van der Waals surface area contributed by atoms with E-state index in [0.29, 0.717) is 0 Å². The standard InChI is InChI=1S/C13H20ClNS/c14-8-6-12-4-1-2-9-15(12)10-7-13-5-3-11-16-13/h3,5,11-12H,1-2,4,6-10H2. The average molecular weight is 258 g/mol. The molecule has 0 amide bonds. The Kier molecular flexibility index (Phi) is 5.14. The number of hydrogen-bond donors (Lipinski definition) is 0. The molecule has 0 saturated carbocycles. The van der Waals surface area contributed by atoms with E-state index in [1.165, 1.54) is 43.6 Å². The van der Waals surface area contributed by atoms with Crippen LogP contribution in [0.1, 0.15) is 30.6 Å². The highest BCUT2D eigenvalue weighted by Crippen LogP contribution is 2.21. The molecule has 0 bridgehead atoms. The van der Waals surface area contributed by atoms with Crippen molar-refractivity contribution in [3.05, 3.63) is 22.4 Å². The van der Waals surface area contributed by atoms with Crippen LogP contribution < -0.4 is 0 Å². The molecule has 1 unspecified atom stereocenters. The van der Waals surface area contributed by atoms with Gasteiger partial charge in [0.05, 0.1) is 0 Å². The van der Waals surface area contributed by atoms with E-state index < -0.39 is 0 Å². The first-order valence-electron chi connectivity index (χ1n) is 6.22. The summed E-state index contributed by atoms with van der Waals surface area (Å²) < 4.78 is 0. The lowest BCUT2D eigenvalue weighted by Gasteiger charge is -2.35. The third kappa shape index (κ3) is 3.47. The smallest absolute Gasteiger partial charge is 0.0238 e. The molecule has 2 rings (SSSR count). The van der Waals surface area contributed by atoms with Crippen LogP contribution in [-0.2, 0) is 6.42 Å². The van der Waals surface area contributed by atoms with Gasteiger partial charge in [-0.25, -0.2) is 0 Å². The Hall–Kier alpha value is -0.0500. The van der Waals surface area contributed by atoms with Crippen molar-refractivity contribution in [2.24, 2.45) is 0 Å². The van der Waals surface area contributed by atoms with Crippen LogP contribution in [0, 0.1) is 0 Å². The molecule has 16 heavy (non-hydrogen) atoms. The minimum Gasteiger partial charge on any atom is -0.300 e. The molecule has 0 aliphatic carbocycles. The molecule has 1 nitrogen and oxygen atoms in total. The Bertz CT molecular complexity index is 284. The topological polar surface area (TPSA) is 3.24 Å². The van der Waals surface area contributed by atoms with Crippen LogP contribution in [0.15, 0.2) is 17.5 Å². The second kappa shape index (κ2) is 6.63. The number of nitrogens with zero attached hydrogens (tertiary/aromatic N) is 1. The average Bonchev–Trinajstić information content (AvgIpc) is 2.81. The van der Waals surface area contributed by atoms with E-state index in [-0.39, 0.29) is 0 Å². The van der Waals surface area contributed by atoms with Gasteiger partial charge in [-0.05, 0) is 43.7 Å². The van der Waals surface area contributed by atoms with Crippen molar-refractivity contribution < 1.29 is 0 Å². The van der Waals surface area contributed by atoms with Gasteiger partial charge in [-0.2, -0.15) is 0 Å². The maximum Gasteiger partial charge on any atom is 0.0238 e. The first-order chi connectivity index (χ1) is 7.90. The number of rotatable bonds is 5. The van der Waals surface area contributed by atoms with E-state index in [0.717, 1.165) is 18.3 Å². The number of halogens is 1. The molecule has 1 aliphatic heterocycles. The van der Waals surface area contributed by atoms with Gasteiger partial charge in [0.2, 0.25) is 0 Å². The van der Waals surface area contributed by atoms with Gasteiger partial charge >= 0.3 is 0 Å². The normalized spacial score (nSPS) is 22.4. The molecule has 1 atom stereocenters. The Labute approximate surface area is 107 Å². The SMILES string of the molecule is ClCCC1CCCCN1CCc1cccs1. The second-order valence-electron chi connectivity index (χ2n) is 4.49. The third-order valence-corrected chi connectivity index (χ3v) is 4.57. The van der Waals surface area contributed by atoms with Gasteiger partial charge in [0.15, 0.2) is 0 Å². The van der Waals surface area contributed by atoms with Gasteiger partial charge in [-0.3, -0.25) is 4.90 Å². The van der Waals surface area contributed by atoms with Crippen LogP contribution in [0.5, 0.6) is 0 Å². The molecule has 3 heteroatoms. The molecule has 1 aliphatic rings. The van der Waals surface area contributed by atoms with E-state index in [1.807, 2.05) is 11.3 Å². The fourth-order valence-corrected chi connectivity index (χ4v) is 3.47. The highest BCUT2D eigenvalue weighted by atomic mass is 35.5. The lowest BCUT2D eigenvalue weighted by Crippen LogP contribution is -2.40. The van der Waals surface area contributed by atoms with Gasteiger partial charge in [0.1, 0.15) is 0 Å². The van der Waals surface area contributed by atoms with Crippen molar-refractivity contribution in [1.82, 2.24) is 4.90 Å². The van der Waals surface area contributed by atoms with Crippen LogP contribution in [0.3, 0.4) is 0 Å². The fraction of sp³-hybridized carbons (Fsp3) is 0.692. The van der Waals surface area contributed by atoms with Crippen molar-refractivity contribution in [3.8, 4) is 0 Å². The molecule has 90 valence electrons. The van der Waals surface area contributed by atoms with E-state index in [1.54, 1.807) is 0 Å². The zero-order chi connectivity index (χ0) is 11.2. The quantitative estimate of drug-likeness (QED) is 0.726. The lowest BCUT2D eigenvalue weighted by molar-refractivity contribution is 0.147. The van der Waals surface area contributed by atoms with Gasteiger partial charge < -0.3 is 0 Å². The highest BCUT2D eigenvalue weighted by Gasteiger charge is 2.21. The number of likely N-dealkylation sites (tertiary alicyclic amines) is 1. The highest BCUT2D eigenvalue weighted by molar-refractivity contribution is 7.09. The Morgan fingerprint density at radius 2 is 2.38 bits per heavy atom. The maximum absolute atomic E-state index is 5.88. The van der Waals surface area contributed by atoms with Crippen LogP contribution >= 0.6 is 22.9 Å². The van der Waals surface area contributed by atoms with Crippen LogP contribution in [0.25, 0.3) is 0 Å². The summed E-state index contributed by atoms with van der Waals surface area (Å²) in [6, 6.07) is 5.13. The summed E-state index contributed by atoms with van der Waals surface area (Å²) >= 11 is 7.75. The molecule has 2 heterocycles. The third-order valence-electron chi connectivity index (χ3n) is 3.42. The minimum atomic E-state index is 0.742. The summed E-state index contributed by atoms with van der Waals surface area (Å²) in [4.78, 5) is 4.15. The van der Waals surface area contributed by atoms with Crippen molar-refractivity contribution >= 4 is 22.9 Å². The molecule has 0 spiro atoms. The van der Waals surface area contributed by atoms with Gasteiger partial charge in [-0.15, -0.1) is 22.9 Å². The zero-order valence-corrected chi connectivity index (χ0v) is 11.3. The molecule has 0 N–H and O–H groups in total. The molecule has 1 fully saturated rings. The Balaban J connectivity index is 1.81. The van der Waals surface area contributed by atoms with E-state index in [4.69, 9.17) is 11.6 Å². The summed E-state index contributed by atoms with van der Waals surface area (Å²) in [6.07, 6.45) is 6.46. The van der Waals surface area contributed by atoms with Crippen molar-refractivity contribution in [2.45, 2.75) is 38.1 Å². The summed E-state index contributed by atoms with van der Waals surface area (Å²) in [6.45, 7) is 2.48. The minimum absolute atomic E-state index is 0.742. The number of hydrogen-bond acceptors (Lipinski definition) is 2. The first-order valence-corrected chi connectivity index (χ1v) is 7.64.